The first-order chi connectivity index (χ1) is 11.7. The number of carbonyl (C=O) groups is 1. The van der Waals surface area contributed by atoms with Crippen LogP contribution in [0.2, 0.25) is 0 Å². The molecule has 0 aliphatic heterocycles. The quantitative estimate of drug-likeness (QED) is 0.734. The summed E-state index contributed by atoms with van der Waals surface area (Å²) in [7, 11) is 0. The Balaban J connectivity index is 2.00. The average molecular weight is 356 g/mol. The van der Waals surface area contributed by atoms with Gasteiger partial charge in [0.1, 0.15) is 18.2 Å². The number of amides is 1. The van der Waals surface area contributed by atoms with Gasteiger partial charge in [-0.1, -0.05) is 0 Å². The maximum absolute atomic E-state index is 13.9. The Morgan fingerprint density at radius 1 is 1.12 bits per heavy atom. The minimum Gasteiger partial charge on any atom is -0.343 e. The normalized spacial score (nSPS) is 11.7. The third-order valence-electron chi connectivity index (χ3n) is 3.28. The predicted octanol–water partition coefficient (Wildman–Crippen LogP) is 2.97. The van der Waals surface area contributed by atoms with Crippen molar-refractivity contribution in [2.75, 3.05) is 6.54 Å². The fraction of sp³-hybridized carbons (Fsp3) is 0.133. The van der Waals surface area contributed by atoms with E-state index in [-0.39, 0.29) is 22.6 Å². The van der Waals surface area contributed by atoms with Crippen molar-refractivity contribution in [2.24, 2.45) is 0 Å². The highest BCUT2D eigenvalue weighted by molar-refractivity contribution is 5.94. The molecule has 10 heteroatoms. The van der Waals surface area contributed by atoms with E-state index in [1.54, 1.807) is 5.32 Å². The predicted molar refractivity (Wildman–Crippen MR) is 76.7 cm³/mol. The Morgan fingerprint density at radius 3 is 2.60 bits per heavy atom. The smallest absolute Gasteiger partial charge is 0.343 e. The number of carbonyl (C=O) groups excluding carboxylic acids is 1. The lowest BCUT2D eigenvalue weighted by Gasteiger charge is -2.09. The minimum atomic E-state index is -4.55. The van der Waals surface area contributed by atoms with Crippen molar-refractivity contribution in [1.29, 1.82) is 0 Å². The van der Waals surface area contributed by atoms with Crippen molar-refractivity contribution in [3.8, 4) is 11.4 Å². The van der Waals surface area contributed by atoms with Crippen molar-refractivity contribution < 1.29 is 26.7 Å². The van der Waals surface area contributed by atoms with Crippen LogP contribution in [0.25, 0.3) is 17.0 Å². The second-order valence-corrected chi connectivity index (χ2v) is 5.09. The molecule has 3 rings (SSSR count). The van der Waals surface area contributed by atoms with E-state index in [0.29, 0.717) is 0 Å². The van der Waals surface area contributed by atoms with Gasteiger partial charge in [-0.25, -0.2) is 8.78 Å². The maximum atomic E-state index is 13.9. The van der Waals surface area contributed by atoms with Gasteiger partial charge >= 0.3 is 6.18 Å². The molecule has 0 aliphatic carbocycles. The van der Waals surface area contributed by atoms with Crippen LogP contribution in [0.1, 0.15) is 10.4 Å². The molecule has 1 aromatic carbocycles. The Bertz CT molecular complexity index is 951. The fourth-order valence-corrected chi connectivity index (χ4v) is 2.16. The fourth-order valence-electron chi connectivity index (χ4n) is 2.16. The van der Waals surface area contributed by atoms with Crippen molar-refractivity contribution in [3.63, 3.8) is 0 Å². The van der Waals surface area contributed by atoms with Crippen LogP contribution >= 0.6 is 0 Å². The van der Waals surface area contributed by atoms with Gasteiger partial charge in [0.2, 0.25) is 0 Å². The molecule has 0 bridgehead atoms. The van der Waals surface area contributed by atoms with Crippen LogP contribution in [0.5, 0.6) is 0 Å². The van der Waals surface area contributed by atoms with Gasteiger partial charge in [-0.05, 0) is 30.3 Å². The van der Waals surface area contributed by atoms with E-state index in [2.05, 4.69) is 10.2 Å². The van der Waals surface area contributed by atoms with Gasteiger partial charge in [0.25, 0.3) is 5.91 Å². The summed E-state index contributed by atoms with van der Waals surface area (Å²) < 4.78 is 65.0. The summed E-state index contributed by atoms with van der Waals surface area (Å²) in [6, 6.07) is 5.32. The number of nitrogens with zero attached hydrogens (tertiary/aromatic N) is 3. The third-order valence-corrected chi connectivity index (χ3v) is 3.28. The summed E-state index contributed by atoms with van der Waals surface area (Å²) in [4.78, 5) is 11.8. The standard InChI is InChI=1S/C15H9F5N4O/c16-9-2-3-11(17)10(5-9)13-23-22-12-4-1-8(6-24(12)13)14(25)21-7-15(18,19)20/h1-6H,7H2,(H,21,25). The van der Waals surface area contributed by atoms with Gasteiger partial charge in [-0.2, -0.15) is 13.2 Å². The second-order valence-electron chi connectivity index (χ2n) is 5.09. The lowest BCUT2D eigenvalue weighted by Crippen LogP contribution is -2.33. The van der Waals surface area contributed by atoms with Gasteiger partial charge in [0.05, 0.1) is 11.1 Å². The summed E-state index contributed by atoms with van der Waals surface area (Å²) >= 11 is 0. The summed E-state index contributed by atoms with van der Waals surface area (Å²) in [6.45, 7) is -1.49. The molecule has 0 atom stereocenters. The van der Waals surface area contributed by atoms with E-state index in [9.17, 15) is 26.7 Å². The van der Waals surface area contributed by atoms with Crippen LogP contribution in [-0.4, -0.2) is 33.2 Å². The first kappa shape index (κ1) is 16.8. The summed E-state index contributed by atoms with van der Waals surface area (Å²) in [5.74, 6) is -2.52. The third kappa shape index (κ3) is 3.57. The van der Waals surface area contributed by atoms with Crippen molar-refractivity contribution in [1.82, 2.24) is 19.9 Å². The molecule has 0 saturated carbocycles. The number of aromatic nitrogens is 3. The maximum Gasteiger partial charge on any atom is 0.405 e. The van der Waals surface area contributed by atoms with Crippen LogP contribution in [0.3, 0.4) is 0 Å². The molecule has 0 unspecified atom stereocenters. The SMILES string of the molecule is O=C(NCC(F)(F)F)c1ccc2nnc(-c3cc(F)ccc3F)n2c1. The molecule has 130 valence electrons. The van der Waals surface area contributed by atoms with Crippen molar-refractivity contribution in [2.45, 2.75) is 6.18 Å². The molecule has 2 aromatic heterocycles. The van der Waals surface area contributed by atoms with E-state index >= 15 is 0 Å². The number of rotatable bonds is 3. The van der Waals surface area contributed by atoms with Crippen LogP contribution in [0, 0.1) is 11.6 Å². The molecule has 0 radical (unpaired) electrons. The number of alkyl halides is 3. The van der Waals surface area contributed by atoms with E-state index in [1.807, 2.05) is 0 Å². The Kier molecular flexibility index (Phi) is 4.11. The van der Waals surface area contributed by atoms with Crippen molar-refractivity contribution >= 4 is 11.6 Å². The highest BCUT2D eigenvalue weighted by Crippen LogP contribution is 2.23. The summed E-state index contributed by atoms with van der Waals surface area (Å²) in [5, 5.41) is 9.23. The number of nitrogens with one attached hydrogen (secondary N) is 1. The van der Waals surface area contributed by atoms with Crippen LogP contribution < -0.4 is 5.32 Å². The number of pyridine rings is 1. The van der Waals surface area contributed by atoms with Gasteiger partial charge in [-0.3, -0.25) is 9.20 Å². The van der Waals surface area contributed by atoms with Crippen LogP contribution in [0.15, 0.2) is 36.5 Å². The number of hydrogen-bond acceptors (Lipinski definition) is 3. The zero-order valence-electron chi connectivity index (χ0n) is 12.3. The molecular formula is C15H9F5N4O. The van der Waals surface area contributed by atoms with Crippen LogP contribution in [-0.2, 0) is 0 Å². The highest BCUT2D eigenvalue weighted by atomic mass is 19.4. The number of benzene rings is 1. The zero-order chi connectivity index (χ0) is 18.2. The van der Waals surface area contributed by atoms with E-state index in [0.717, 1.165) is 24.4 Å². The molecule has 1 amide bonds. The molecule has 0 saturated heterocycles. The Morgan fingerprint density at radius 2 is 1.88 bits per heavy atom. The molecule has 0 aliphatic rings. The van der Waals surface area contributed by atoms with E-state index in [1.165, 1.54) is 16.5 Å². The van der Waals surface area contributed by atoms with Gasteiger partial charge in [0, 0.05) is 6.20 Å². The molecular weight excluding hydrogens is 347 g/mol. The minimum absolute atomic E-state index is 0.0857. The van der Waals surface area contributed by atoms with E-state index in [4.69, 9.17) is 0 Å². The van der Waals surface area contributed by atoms with Gasteiger partial charge in [-0.15, -0.1) is 10.2 Å². The summed E-state index contributed by atoms with van der Waals surface area (Å²) in [5.41, 5.74) is -0.0963. The molecule has 0 spiro atoms. The number of halogens is 5. The van der Waals surface area contributed by atoms with E-state index < -0.39 is 30.3 Å². The monoisotopic (exact) mass is 356 g/mol. The molecule has 3 aromatic rings. The second kappa shape index (κ2) is 6.11. The molecule has 1 N–H and O–H groups in total. The Hall–Kier alpha value is -3.04. The number of hydrogen-bond donors (Lipinski definition) is 1. The summed E-state index contributed by atoms with van der Waals surface area (Å²) in [6.07, 6.45) is -3.40. The topological polar surface area (TPSA) is 59.3 Å². The van der Waals surface area contributed by atoms with Gasteiger partial charge < -0.3 is 5.32 Å². The van der Waals surface area contributed by atoms with Crippen LogP contribution in [0.4, 0.5) is 22.0 Å². The molecule has 25 heavy (non-hydrogen) atoms. The largest absolute Gasteiger partial charge is 0.405 e. The first-order valence-electron chi connectivity index (χ1n) is 6.90. The average Bonchev–Trinajstić information content (AvgIpc) is 2.97. The lowest BCUT2D eigenvalue weighted by atomic mass is 10.2. The van der Waals surface area contributed by atoms with Crippen molar-refractivity contribution in [3.05, 3.63) is 53.7 Å². The molecule has 2 heterocycles. The first-order valence-corrected chi connectivity index (χ1v) is 6.90. The Labute approximate surface area is 137 Å². The molecule has 0 fully saturated rings. The highest BCUT2D eigenvalue weighted by Gasteiger charge is 2.28. The number of fused-ring (bicyclic) bond motifs is 1. The van der Waals surface area contributed by atoms with Gasteiger partial charge in [0.15, 0.2) is 11.5 Å². The molecule has 5 nitrogen and oxygen atoms in total. The zero-order valence-corrected chi connectivity index (χ0v) is 12.3. The lowest BCUT2D eigenvalue weighted by molar-refractivity contribution is -0.123.